The number of aliphatic hydroxyl groups is 1. The van der Waals surface area contributed by atoms with Crippen molar-refractivity contribution < 1.29 is 29.4 Å². The predicted octanol–water partition coefficient (Wildman–Crippen LogP) is -0.548. The van der Waals surface area contributed by atoms with Crippen LogP contribution in [-0.4, -0.2) is 63.1 Å². The number of fused-ring (bicyclic) bond motifs is 6. The number of carbonyl (C=O) groups excluding carboxylic acids is 3. The number of carboxylic acid groups (broad SMARTS) is 1. The maximum Gasteiger partial charge on any atom is 0.341 e. The van der Waals surface area contributed by atoms with E-state index in [0.29, 0.717) is 12.1 Å². The fourth-order valence-electron chi connectivity index (χ4n) is 5.73. The van der Waals surface area contributed by atoms with Crippen LogP contribution in [0, 0.1) is 11.8 Å². The number of amides is 3. The third-order valence-electron chi connectivity index (χ3n) is 7.15. The van der Waals surface area contributed by atoms with Gasteiger partial charge >= 0.3 is 5.97 Å². The van der Waals surface area contributed by atoms with Crippen molar-refractivity contribution in [2.45, 2.75) is 31.5 Å². The first kappa shape index (κ1) is 21.3. The minimum Gasteiger partial charge on any atom is -0.477 e. The third kappa shape index (κ3) is 2.48. The molecule has 3 aliphatic rings. The van der Waals surface area contributed by atoms with Gasteiger partial charge in [-0.25, -0.2) is 4.79 Å². The van der Waals surface area contributed by atoms with E-state index in [-0.39, 0.29) is 29.7 Å². The van der Waals surface area contributed by atoms with Crippen LogP contribution in [0.1, 0.15) is 29.3 Å². The monoisotopic (exact) mass is 454 g/mol. The zero-order chi connectivity index (χ0) is 23.8. The molecule has 4 heterocycles. The number of carboxylic acids is 1. The molecule has 4 unspecified atom stereocenters. The Kier molecular flexibility index (Phi) is 4.49. The molecule has 11 heteroatoms. The summed E-state index contributed by atoms with van der Waals surface area (Å²) in [6, 6.07) is 2.54. The van der Waals surface area contributed by atoms with Crippen LogP contribution in [0.25, 0.3) is 10.9 Å². The van der Waals surface area contributed by atoms with E-state index in [1.807, 2.05) is 0 Å². The van der Waals surface area contributed by atoms with Crippen LogP contribution in [-0.2, 0) is 26.5 Å². The molecule has 2 saturated heterocycles. The van der Waals surface area contributed by atoms with Gasteiger partial charge in [-0.05, 0) is 25.5 Å². The largest absolute Gasteiger partial charge is 0.477 e. The summed E-state index contributed by atoms with van der Waals surface area (Å²) in [7, 11) is 1.34. The number of carbonyl (C=O) groups is 4. The second kappa shape index (κ2) is 6.96. The molecule has 0 aliphatic carbocycles. The fourth-order valence-corrected chi connectivity index (χ4v) is 5.73. The summed E-state index contributed by atoms with van der Waals surface area (Å²) in [6.45, 7) is 1.87. The molecule has 0 bridgehead atoms. The van der Waals surface area contributed by atoms with Gasteiger partial charge in [-0.1, -0.05) is 0 Å². The van der Waals surface area contributed by atoms with E-state index < -0.39 is 58.1 Å². The van der Waals surface area contributed by atoms with E-state index in [2.05, 4.69) is 10.6 Å². The van der Waals surface area contributed by atoms with E-state index in [9.17, 15) is 34.2 Å². The molecule has 4 N–H and O–H groups in total. The minimum absolute atomic E-state index is 0.0123. The number of benzene rings is 1. The van der Waals surface area contributed by atoms with Crippen LogP contribution in [0.5, 0.6) is 0 Å². The summed E-state index contributed by atoms with van der Waals surface area (Å²) < 4.78 is 1.60. The number of likely N-dealkylation sites (tertiary alicyclic amines) is 1. The second-order valence-corrected chi connectivity index (χ2v) is 8.61. The molecule has 2 fully saturated rings. The number of imide groups is 1. The van der Waals surface area contributed by atoms with E-state index >= 15 is 0 Å². The first-order chi connectivity index (χ1) is 15.7. The number of aromatic carboxylic acids is 1. The van der Waals surface area contributed by atoms with Gasteiger partial charge in [0.15, 0.2) is 0 Å². The smallest absolute Gasteiger partial charge is 0.341 e. The highest BCUT2D eigenvalue weighted by Gasteiger charge is 2.70. The van der Waals surface area contributed by atoms with Gasteiger partial charge in [-0.3, -0.25) is 29.4 Å². The summed E-state index contributed by atoms with van der Waals surface area (Å²) >= 11 is 0. The van der Waals surface area contributed by atoms with Crippen molar-refractivity contribution in [1.82, 2.24) is 14.8 Å². The molecule has 1 aromatic heterocycles. The first-order valence-corrected chi connectivity index (χ1v) is 10.6. The number of hydrogen-bond acceptors (Lipinski definition) is 7. The maximum absolute atomic E-state index is 13.5. The third-order valence-corrected chi connectivity index (χ3v) is 7.15. The quantitative estimate of drug-likeness (QED) is 0.448. The predicted molar refractivity (Wildman–Crippen MR) is 115 cm³/mol. The SMILES string of the molecule is CCn1cc(C(=O)O)c(=O)c2c3c(ccc21)NC(=O)C31NC(CCO)C2C(=O)N(C)C(=O)C21. The Labute approximate surface area is 187 Å². The second-order valence-electron chi connectivity index (χ2n) is 8.61. The number of aliphatic hydroxyl groups excluding tert-OH is 1. The molecule has 2 aromatic rings. The van der Waals surface area contributed by atoms with Gasteiger partial charge in [0.05, 0.1) is 22.7 Å². The number of rotatable bonds is 4. The lowest BCUT2D eigenvalue weighted by Crippen LogP contribution is -2.53. The van der Waals surface area contributed by atoms with Crippen molar-refractivity contribution >= 4 is 40.3 Å². The number of nitrogens with one attached hydrogen (secondary N) is 2. The van der Waals surface area contributed by atoms with Crippen molar-refractivity contribution in [1.29, 1.82) is 0 Å². The topological polar surface area (TPSA) is 158 Å². The Hall–Kier alpha value is -3.57. The minimum atomic E-state index is -1.75. The summed E-state index contributed by atoms with van der Waals surface area (Å²) in [4.78, 5) is 65.8. The van der Waals surface area contributed by atoms with Crippen LogP contribution >= 0.6 is 0 Å². The van der Waals surface area contributed by atoms with Crippen molar-refractivity contribution in [2.75, 3.05) is 19.0 Å². The highest BCUT2D eigenvalue weighted by atomic mass is 16.4. The molecule has 0 saturated carbocycles. The zero-order valence-corrected chi connectivity index (χ0v) is 17.9. The Morgan fingerprint density at radius 1 is 1.18 bits per heavy atom. The van der Waals surface area contributed by atoms with Gasteiger partial charge in [0.2, 0.25) is 23.2 Å². The molecule has 3 aliphatic heterocycles. The van der Waals surface area contributed by atoms with Crippen LogP contribution in [0.2, 0.25) is 0 Å². The average molecular weight is 454 g/mol. The van der Waals surface area contributed by atoms with Crippen LogP contribution in [0.3, 0.4) is 0 Å². The number of nitrogens with zero attached hydrogens (tertiary/aromatic N) is 2. The number of pyridine rings is 1. The van der Waals surface area contributed by atoms with E-state index in [0.717, 1.165) is 4.90 Å². The standard InChI is InChI=1S/C22H22N4O7/c1-3-26-8-9(20(31)32)17(28)14-12(26)5-4-11-15(14)22(21(33)23-11)16-13(10(24-22)6-7-27)18(29)25(2)19(16)30/h4-5,8,10,13,16,24,27H,3,6-7H2,1-2H3,(H,23,33)(H,31,32). The molecule has 33 heavy (non-hydrogen) atoms. The van der Waals surface area contributed by atoms with E-state index in [4.69, 9.17) is 0 Å². The van der Waals surface area contributed by atoms with Crippen molar-refractivity contribution in [3.63, 3.8) is 0 Å². The molecule has 11 nitrogen and oxygen atoms in total. The van der Waals surface area contributed by atoms with Gasteiger partial charge in [-0.15, -0.1) is 0 Å². The normalized spacial score (nSPS) is 28.0. The summed E-state index contributed by atoms with van der Waals surface area (Å²) in [5.41, 5.74) is -2.12. The number of aromatic nitrogens is 1. The maximum atomic E-state index is 13.5. The Balaban J connectivity index is 1.89. The number of aryl methyl sites for hydroxylation is 1. The first-order valence-electron chi connectivity index (χ1n) is 10.6. The summed E-state index contributed by atoms with van der Waals surface area (Å²) in [6.07, 6.45) is 1.37. The fraction of sp³-hybridized carbons (Fsp3) is 0.409. The van der Waals surface area contributed by atoms with E-state index in [1.54, 1.807) is 23.6 Å². The van der Waals surface area contributed by atoms with Gasteiger partial charge in [0.1, 0.15) is 11.1 Å². The zero-order valence-electron chi connectivity index (χ0n) is 17.9. The Bertz CT molecular complexity index is 1330. The van der Waals surface area contributed by atoms with Crippen LogP contribution < -0.4 is 16.1 Å². The lowest BCUT2D eigenvalue weighted by Gasteiger charge is -2.29. The molecule has 0 radical (unpaired) electrons. The lowest BCUT2D eigenvalue weighted by molar-refractivity contribution is -0.141. The summed E-state index contributed by atoms with van der Waals surface area (Å²) in [5.74, 6) is -5.08. The van der Waals surface area contributed by atoms with Crippen molar-refractivity contribution in [3.8, 4) is 0 Å². The molecule has 172 valence electrons. The lowest BCUT2D eigenvalue weighted by atomic mass is 9.75. The highest BCUT2D eigenvalue weighted by Crippen LogP contribution is 2.54. The molecule has 1 aromatic carbocycles. The number of hydrogen-bond donors (Lipinski definition) is 4. The van der Waals surface area contributed by atoms with Gasteiger partial charge in [0, 0.05) is 43.7 Å². The molecule has 1 spiro atoms. The van der Waals surface area contributed by atoms with Gasteiger partial charge in [0.25, 0.3) is 0 Å². The Morgan fingerprint density at radius 2 is 1.91 bits per heavy atom. The average Bonchev–Trinajstić information content (AvgIpc) is 3.34. The van der Waals surface area contributed by atoms with Gasteiger partial charge in [-0.2, -0.15) is 0 Å². The van der Waals surface area contributed by atoms with Crippen molar-refractivity contribution in [2.24, 2.45) is 11.8 Å². The number of anilines is 1. The van der Waals surface area contributed by atoms with E-state index in [1.165, 1.54) is 13.2 Å². The van der Waals surface area contributed by atoms with Crippen molar-refractivity contribution in [3.05, 3.63) is 39.7 Å². The highest BCUT2D eigenvalue weighted by molar-refractivity contribution is 6.17. The molecule has 5 rings (SSSR count). The van der Waals surface area contributed by atoms with Gasteiger partial charge < -0.3 is 20.1 Å². The van der Waals surface area contributed by atoms with Crippen LogP contribution in [0.15, 0.2) is 23.1 Å². The Morgan fingerprint density at radius 3 is 2.55 bits per heavy atom. The summed E-state index contributed by atoms with van der Waals surface area (Å²) in [5, 5.41) is 25.1. The van der Waals surface area contributed by atoms with Crippen LogP contribution in [0.4, 0.5) is 5.69 Å². The molecule has 3 amide bonds. The molecule has 4 atom stereocenters. The molecular weight excluding hydrogens is 432 g/mol. The molecular formula is C22H22N4O7.